The molecular weight excluding hydrogens is 456 g/mol. The normalized spacial score (nSPS) is 15.8. The minimum absolute atomic E-state index is 0.0644. The van der Waals surface area contributed by atoms with E-state index in [4.69, 9.17) is 4.74 Å². The summed E-state index contributed by atoms with van der Waals surface area (Å²) in [5.41, 5.74) is 1.36. The van der Waals surface area contributed by atoms with Crippen LogP contribution in [0.4, 0.5) is 0 Å². The van der Waals surface area contributed by atoms with Crippen LogP contribution in [0.2, 0.25) is 0 Å². The fourth-order valence-electron chi connectivity index (χ4n) is 3.52. The van der Waals surface area contributed by atoms with Crippen LogP contribution in [0.25, 0.3) is 17.3 Å². The Hall–Kier alpha value is -3.03. The van der Waals surface area contributed by atoms with Crippen LogP contribution < -0.4 is 20.1 Å². The number of ether oxygens (including phenoxy) is 1. The van der Waals surface area contributed by atoms with Crippen molar-refractivity contribution in [2.24, 2.45) is 0 Å². The molecule has 1 saturated heterocycles. The first kappa shape index (κ1) is 23.1. The fourth-order valence-corrected chi connectivity index (χ4v) is 5.34. The van der Waals surface area contributed by atoms with Crippen LogP contribution in [0.3, 0.4) is 0 Å². The lowest BCUT2D eigenvalue weighted by atomic mass is 10.2. The van der Waals surface area contributed by atoms with E-state index in [0.717, 1.165) is 34.9 Å². The second-order valence-corrected chi connectivity index (χ2v) is 9.61. The standard InChI is InChI=1S/C24H24N4O3S2/c1-17-4-6-18(7-5-17)28-23(30)21(15-19-3-2-14-32-19)33-24(28)20(16-25)22(29)26-8-9-27-10-12-31-13-11-27/h2-7,14-15H,8-13H2,1H3,(H,26,29). The molecule has 1 fully saturated rings. The zero-order valence-corrected chi connectivity index (χ0v) is 19.9. The summed E-state index contributed by atoms with van der Waals surface area (Å²) in [5, 5.41) is 14.7. The highest BCUT2D eigenvalue weighted by Gasteiger charge is 2.17. The molecule has 0 unspecified atom stereocenters. The Balaban J connectivity index is 1.74. The molecule has 2 aromatic heterocycles. The first-order valence-electron chi connectivity index (χ1n) is 10.6. The van der Waals surface area contributed by atoms with Gasteiger partial charge in [-0.25, -0.2) is 0 Å². The minimum Gasteiger partial charge on any atom is -0.379 e. The molecular formula is C24H24N4O3S2. The van der Waals surface area contributed by atoms with Crippen molar-refractivity contribution in [2.75, 3.05) is 39.4 Å². The maximum Gasteiger partial charge on any atom is 0.273 e. The Morgan fingerprint density at radius 2 is 2.00 bits per heavy atom. The fraction of sp³-hybridized carbons (Fsp3) is 0.292. The van der Waals surface area contributed by atoms with E-state index in [1.807, 2.05) is 54.8 Å². The molecule has 3 heterocycles. The van der Waals surface area contributed by atoms with Crippen molar-refractivity contribution in [1.29, 1.82) is 5.26 Å². The molecule has 0 aliphatic carbocycles. The van der Waals surface area contributed by atoms with Gasteiger partial charge in [-0.1, -0.05) is 23.8 Å². The Bertz CT molecular complexity index is 1330. The first-order valence-corrected chi connectivity index (χ1v) is 12.3. The summed E-state index contributed by atoms with van der Waals surface area (Å²) in [6.45, 7) is 6.08. The number of thiazole rings is 1. The van der Waals surface area contributed by atoms with E-state index in [-0.39, 0.29) is 11.1 Å². The molecule has 1 aromatic carbocycles. The highest BCUT2D eigenvalue weighted by Crippen LogP contribution is 2.10. The van der Waals surface area contributed by atoms with E-state index in [0.29, 0.717) is 41.2 Å². The number of carbonyl (C=O) groups excluding carboxylic acids is 1. The number of hydrogen-bond donors (Lipinski definition) is 1. The van der Waals surface area contributed by atoms with Gasteiger partial charge in [-0.2, -0.15) is 5.26 Å². The van der Waals surface area contributed by atoms with Crippen molar-refractivity contribution in [2.45, 2.75) is 6.92 Å². The quantitative estimate of drug-likeness (QED) is 0.573. The Morgan fingerprint density at radius 3 is 2.67 bits per heavy atom. The van der Waals surface area contributed by atoms with Crippen molar-refractivity contribution in [3.05, 3.63) is 71.8 Å². The van der Waals surface area contributed by atoms with Crippen molar-refractivity contribution in [3.8, 4) is 11.8 Å². The molecule has 33 heavy (non-hydrogen) atoms. The second-order valence-electron chi connectivity index (χ2n) is 7.60. The lowest BCUT2D eigenvalue weighted by Crippen LogP contribution is -2.42. The number of morpholine rings is 1. The number of nitrogens with one attached hydrogen (secondary N) is 1. The minimum atomic E-state index is -0.476. The van der Waals surface area contributed by atoms with Gasteiger partial charge in [0.15, 0.2) is 5.57 Å². The van der Waals surface area contributed by atoms with Crippen LogP contribution >= 0.6 is 22.7 Å². The average molecular weight is 481 g/mol. The van der Waals surface area contributed by atoms with E-state index in [1.54, 1.807) is 6.08 Å². The molecule has 0 saturated carbocycles. The highest BCUT2D eigenvalue weighted by atomic mass is 32.1. The maximum absolute atomic E-state index is 13.3. The average Bonchev–Trinajstić information content (AvgIpc) is 3.44. The van der Waals surface area contributed by atoms with Gasteiger partial charge in [0.25, 0.3) is 11.5 Å². The number of nitriles is 1. The molecule has 9 heteroatoms. The molecule has 1 aliphatic heterocycles. The van der Waals surface area contributed by atoms with Crippen LogP contribution in [-0.4, -0.2) is 54.8 Å². The second kappa shape index (κ2) is 10.7. The number of carbonyl (C=O) groups is 1. The van der Waals surface area contributed by atoms with Crippen molar-refractivity contribution < 1.29 is 9.53 Å². The van der Waals surface area contributed by atoms with Gasteiger partial charge in [0.2, 0.25) is 0 Å². The van der Waals surface area contributed by atoms with Gasteiger partial charge >= 0.3 is 0 Å². The molecule has 1 aliphatic rings. The van der Waals surface area contributed by atoms with Crippen LogP contribution in [0.15, 0.2) is 46.6 Å². The molecule has 7 nitrogen and oxygen atoms in total. The van der Waals surface area contributed by atoms with Crippen molar-refractivity contribution in [1.82, 2.24) is 14.8 Å². The van der Waals surface area contributed by atoms with Crippen molar-refractivity contribution >= 4 is 40.2 Å². The molecule has 170 valence electrons. The van der Waals surface area contributed by atoms with E-state index in [2.05, 4.69) is 10.2 Å². The van der Waals surface area contributed by atoms with Gasteiger partial charge in [0, 0.05) is 31.1 Å². The molecule has 0 bridgehead atoms. The predicted molar refractivity (Wildman–Crippen MR) is 131 cm³/mol. The number of aromatic nitrogens is 1. The summed E-state index contributed by atoms with van der Waals surface area (Å²) in [6, 6.07) is 13.3. The molecule has 3 aromatic rings. The lowest BCUT2D eigenvalue weighted by molar-refractivity contribution is -0.115. The molecule has 1 amide bonds. The van der Waals surface area contributed by atoms with Gasteiger partial charge in [0.1, 0.15) is 10.7 Å². The van der Waals surface area contributed by atoms with Gasteiger partial charge in [-0.3, -0.25) is 19.1 Å². The topological polar surface area (TPSA) is 87.4 Å². The SMILES string of the molecule is Cc1ccc(-n2c(=C(C#N)C(=O)NCCN3CCOCC3)sc(=Cc3cccs3)c2=O)cc1. The molecule has 0 spiro atoms. The number of thiophene rings is 1. The Kier molecular flexibility index (Phi) is 7.52. The van der Waals surface area contributed by atoms with Gasteiger partial charge in [0.05, 0.1) is 23.4 Å². The third kappa shape index (κ3) is 5.49. The summed E-state index contributed by atoms with van der Waals surface area (Å²) in [4.78, 5) is 29.4. The van der Waals surface area contributed by atoms with Gasteiger partial charge in [-0.15, -0.1) is 22.7 Å². The van der Waals surface area contributed by atoms with Crippen molar-refractivity contribution in [3.63, 3.8) is 0 Å². The molecule has 4 rings (SSSR count). The van der Waals surface area contributed by atoms with Crippen LogP contribution in [-0.2, 0) is 9.53 Å². The Labute approximate surface area is 199 Å². The van der Waals surface area contributed by atoms with Gasteiger partial charge < -0.3 is 10.1 Å². The number of aryl methyl sites for hydroxylation is 1. The number of nitrogens with zero attached hydrogens (tertiary/aromatic N) is 3. The summed E-state index contributed by atoms with van der Waals surface area (Å²) in [5.74, 6) is -0.476. The van der Waals surface area contributed by atoms with Crippen LogP contribution in [0.1, 0.15) is 10.4 Å². The zero-order chi connectivity index (χ0) is 23.2. The number of rotatable bonds is 6. The Morgan fingerprint density at radius 1 is 1.24 bits per heavy atom. The molecule has 0 radical (unpaired) electrons. The summed E-state index contributed by atoms with van der Waals surface area (Å²) in [6.07, 6.45) is 1.80. The highest BCUT2D eigenvalue weighted by molar-refractivity contribution is 7.11. The molecule has 0 atom stereocenters. The maximum atomic E-state index is 13.3. The lowest BCUT2D eigenvalue weighted by Gasteiger charge is -2.26. The van der Waals surface area contributed by atoms with E-state index in [9.17, 15) is 14.9 Å². The number of amides is 1. The van der Waals surface area contributed by atoms with Crippen LogP contribution in [0, 0.1) is 18.3 Å². The summed E-state index contributed by atoms with van der Waals surface area (Å²) < 4.78 is 7.61. The predicted octanol–water partition coefficient (Wildman–Crippen LogP) is 1.22. The van der Waals surface area contributed by atoms with Gasteiger partial charge in [-0.05, 0) is 36.6 Å². The smallest absolute Gasteiger partial charge is 0.273 e. The summed E-state index contributed by atoms with van der Waals surface area (Å²) >= 11 is 2.68. The van der Waals surface area contributed by atoms with E-state index >= 15 is 0 Å². The van der Waals surface area contributed by atoms with Crippen LogP contribution in [0.5, 0.6) is 0 Å². The first-order chi connectivity index (χ1) is 16.1. The number of benzene rings is 1. The largest absolute Gasteiger partial charge is 0.379 e. The molecule has 1 N–H and O–H groups in total. The monoisotopic (exact) mass is 480 g/mol. The van der Waals surface area contributed by atoms with E-state index in [1.165, 1.54) is 15.9 Å². The van der Waals surface area contributed by atoms with E-state index < -0.39 is 5.91 Å². The third-order valence-electron chi connectivity index (χ3n) is 5.30. The summed E-state index contributed by atoms with van der Waals surface area (Å²) in [7, 11) is 0. The zero-order valence-electron chi connectivity index (χ0n) is 18.2. The third-order valence-corrected chi connectivity index (χ3v) is 7.21. The number of hydrogen-bond acceptors (Lipinski definition) is 7.